The van der Waals surface area contributed by atoms with E-state index in [1.807, 2.05) is 61.0 Å². The molecule has 0 radical (unpaired) electrons. The predicted octanol–water partition coefficient (Wildman–Crippen LogP) is 5.78. The van der Waals surface area contributed by atoms with E-state index in [0.29, 0.717) is 16.7 Å². The second kappa shape index (κ2) is 8.75. The Hall–Kier alpha value is -3.58. The number of fused-ring (bicyclic) bond motifs is 2. The first kappa shape index (κ1) is 21.3. The molecule has 0 bridgehead atoms. The van der Waals surface area contributed by atoms with Crippen LogP contribution in [0.5, 0.6) is 0 Å². The Balaban J connectivity index is 1.66. The Morgan fingerprint density at radius 3 is 2.70 bits per heavy atom. The van der Waals surface area contributed by atoms with Gasteiger partial charge in [0.15, 0.2) is 0 Å². The van der Waals surface area contributed by atoms with Gasteiger partial charge in [0.25, 0.3) is 5.91 Å². The zero-order chi connectivity index (χ0) is 22.9. The minimum atomic E-state index is -0.407. The molecule has 1 atom stereocenters. The molecule has 6 nitrogen and oxygen atoms in total. The highest BCUT2D eigenvalue weighted by Gasteiger charge is 2.35. The number of nitrogens with zero attached hydrogens (tertiary/aromatic N) is 3. The molecule has 5 rings (SSSR count). The summed E-state index contributed by atoms with van der Waals surface area (Å²) >= 11 is 1.58. The number of carbonyl (C=O) groups is 1. The van der Waals surface area contributed by atoms with Crippen LogP contribution in [0.1, 0.15) is 31.0 Å². The van der Waals surface area contributed by atoms with Crippen LogP contribution < -0.4 is 10.6 Å². The maximum atomic E-state index is 13.7. The summed E-state index contributed by atoms with van der Waals surface area (Å²) in [4.78, 5) is 18.3. The summed E-state index contributed by atoms with van der Waals surface area (Å²) in [6, 6.07) is 21.8. The van der Waals surface area contributed by atoms with Gasteiger partial charge in [0.05, 0.1) is 5.57 Å². The quantitative estimate of drug-likeness (QED) is 0.373. The van der Waals surface area contributed by atoms with Gasteiger partial charge in [0.1, 0.15) is 6.04 Å². The summed E-state index contributed by atoms with van der Waals surface area (Å²) in [7, 11) is 0. The Kier molecular flexibility index (Phi) is 5.64. The van der Waals surface area contributed by atoms with Gasteiger partial charge in [-0.3, -0.25) is 4.79 Å². The monoisotopic (exact) mass is 455 g/mol. The fourth-order valence-electron chi connectivity index (χ4n) is 4.31. The van der Waals surface area contributed by atoms with Crippen LogP contribution in [0.25, 0.3) is 10.8 Å². The molecule has 2 N–H and O–H groups in total. The van der Waals surface area contributed by atoms with E-state index in [9.17, 15) is 4.79 Å². The number of aryl methyl sites for hydroxylation is 1. The second-order valence-electron chi connectivity index (χ2n) is 8.05. The number of carbonyl (C=O) groups excluding carboxylic acids is 1. The lowest BCUT2D eigenvalue weighted by Crippen LogP contribution is -2.31. The first-order valence-electron chi connectivity index (χ1n) is 11.0. The van der Waals surface area contributed by atoms with Crippen molar-refractivity contribution in [3.05, 3.63) is 89.1 Å². The fraction of sp³-hybridized carbons (Fsp3) is 0.192. The van der Waals surface area contributed by atoms with Crippen molar-refractivity contribution >= 4 is 40.1 Å². The molecule has 2 heterocycles. The highest BCUT2D eigenvalue weighted by molar-refractivity contribution is 7.99. The molecule has 166 valence electrons. The van der Waals surface area contributed by atoms with E-state index in [2.05, 4.69) is 46.8 Å². The van der Waals surface area contributed by atoms with Gasteiger partial charge in [-0.2, -0.15) is 4.98 Å². The van der Waals surface area contributed by atoms with E-state index in [0.717, 1.165) is 39.0 Å². The van der Waals surface area contributed by atoms with E-state index in [-0.39, 0.29) is 5.91 Å². The summed E-state index contributed by atoms with van der Waals surface area (Å²) in [5.74, 6) is 1.36. The van der Waals surface area contributed by atoms with Crippen molar-refractivity contribution < 1.29 is 4.79 Å². The molecule has 0 saturated heterocycles. The number of hydrogen-bond acceptors (Lipinski definition) is 5. The first-order valence-corrected chi connectivity index (χ1v) is 12.0. The van der Waals surface area contributed by atoms with Crippen molar-refractivity contribution in [1.29, 1.82) is 0 Å². The molecule has 1 aliphatic rings. The van der Waals surface area contributed by atoms with Crippen LogP contribution in [0.4, 0.5) is 11.6 Å². The average Bonchev–Trinajstić information content (AvgIpc) is 3.20. The van der Waals surface area contributed by atoms with Gasteiger partial charge in [0.2, 0.25) is 11.1 Å². The molecule has 7 heteroatoms. The van der Waals surface area contributed by atoms with E-state index in [1.54, 1.807) is 11.8 Å². The van der Waals surface area contributed by atoms with Crippen LogP contribution in [0.15, 0.2) is 83.2 Å². The highest BCUT2D eigenvalue weighted by Crippen LogP contribution is 2.39. The van der Waals surface area contributed by atoms with Crippen LogP contribution in [-0.4, -0.2) is 26.4 Å². The zero-order valence-corrected chi connectivity index (χ0v) is 19.6. The molecule has 1 aromatic heterocycles. The number of thioether (sulfide) groups is 1. The maximum Gasteiger partial charge on any atom is 0.255 e. The van der Waals surface area contributed by atoms with Crippen molar-refractivity contribution in [3.63, 3.8) is 0 Å². The fourth-order valence-corrected chi connectivity index (χ4v) is 4.87. The van der Waals surface area contributed by atoms with Gasteiger partial charge in [-0.1, -0.05) is 73.3 Å². The molecule has 0 aliphatic carbocycles. The summed E-state index contributed by atoms with van der Waals surface area (Å²) in [6.07, 6.45) is 0. The topological polar surface area (TPSA) is 71.8 Å². The van der Waals surface area contributed by atoms with Gasteiger partial charge < -0.3 is 10.6 Å². The van der Waals surface area contributed by atoms with Crippen LogP contribution in [0, 0.1) is 6.92 Å². The average molecular weight is 456 g/mol. The Morgan fingerprint density at radius 2 is 1.88 bits per heavy atom. The van der Waals surface area contributed by atoms with Crippen molar-refractivity contribution in [2.75, 3.05) is 16.4 Å². The van der Waals surface area contributed by atoms with Gasteiger partial charge in [-0.05, 0) is 53.6 Å². The molecule has 0 spiro atoms. The highest BCUT2D eigenvalue weighted by atomic mass is 32.2. The smallest absolute Gasteiger partial charge is 0.255 e. The van der Waals surface area contributed by atoms with Gasteiger partial charge >= 0.3 is 0 Å². The summed E-state index contributed by atoms with van der Waals surface area (Å²) < 4.78 is 1.85. The molecular weight excluding hydrogens is 430 g/mol. The number of allylic oxidation sites excluding steroid dienone is 1. The number of benzene rings is 3. The summed E-state index contributed by atoms with van der Waals surface area (Å²) in [5.41, 5.74) is 4.26. The van der Waals surface area contributed by atoms with Gasteiger partial charge in [-0.15, -0.1) is 5.10 Å². The zero-order valence-electron chi connectivity index (χ0n) is 18.8. The lowest BCUT2D eigenvalue weighted by molar-refractivity contribution is -0.113. The predicted molar refractivity (Wildman–Crippen MR) is 135 cm³/mol. The molecule has 0 saturated carbocycles. The molecular formula is C26H25N5OS. The van der Waals surface area contributed by atoms with Crippen molar-refractivity contribution in [2.24, 2.45) is 0 Å². The Bertz CT molecular complexity index is 1390. The standard InChI is InChI=1S/C26H25N5OS/c1-4-33-26-29-25-27-17(3)22(24(32)28-19-12-7-9-16(2)15-19)23(31(25)30-26)21-14-8-11-18-10-5-6-13-20(18)21/h5-15,23H,4H2,1-3H3,(H,28,32)(H,27,29,30). The largest absolute Gasteiger partial charge is 0.328 e. The number of rotatable bonds is 5. The van der Waals surface area contributed by atoms with Crippen molar-refractivity contribution in [1.82, 2.24) is 14.8 Å². The van der Waals surface area contributed by atoms with Crippen molar-refractivity contribution in [3.8, 4) is 0 Å². The lowest BCUT2D eigenvalue weighted by atomic mass is 9.91. The molecule has 33 heavy (non-hydrogen) atoms. The maximum absolute atomic E-state index is 13.7. The van der Waals surface area contributed by atoms with Crippen molar-refractivity contribution in [2.45, 2.75) is 32.0 Å². The minimum absolute atomic E-state index is 0.158. The molecule has 4 aromatic rings. The second-order valence-corrected chi connectivity index (χ2v) is 9.28. The lowest BCUT2D eigenvalue weighted by Gasteiger charge is -2.29. The van der Waals surface area contributed by atoms with E-state index in [1.165, 1.54) is 0 Å². The molecule has 1 amide bonds. The van der Waals surface area contributed by atoms with E-state index >= 15 is 0 Å². The van der Waals surface area contributed by atoms with Gasteiger partial charge in [0, 0.05) is 11.4 Å². The minimum Gasteiger partial charge on any atom is -0.328 e. The number of amides is 1. The van der Waals surface area contributed by atoms with Crippen LogP contribution in [-0.2, 0) is 4.79 Å². The number of aromatic nitrogens is 3. The third-order valence-corrected chi connectivity index (χ3v) is 6.46. The molecule has 3 aromatic carbocycles. The number of nitrogens with one attached hydrogen (secondary N) is 2. The Labute approximate surface area is 197 Å². The van der Waals surface area contributed by atoms with Gasteiger partial charge in [-0.25, -0.2) is 4.68 Å². The molecule has 1 aliphatic heterocycles. The molecule has 0 fully saturated rings. The van der Waals surface area contributed by atoms with Crippen LogP contribution in [0.3, 0.4) is 0 Å². The summed E-state index contributed by atoms with van der Waals surface area (Å²) in [5, 5.41) is 14.1. The number of anilines is 2. The summed E-state index contributed by atoms with van der Waals surface area (Å²) in [6.45, 7) is 6.01. The SMILES string of the molecule is CCSc1nc2n(n1)C(c1cccc3ccccc13)C(C(=O)Nc1cccc(C)c1)=C(C)N2. The Morgan fingerprint density at radius 1 is 1.09 bits per heavy atom. The van der Waals surface area contributed by atoms with E-state index in [4.69, 9.17) is 5.10 Å². The number of hydrogen-bond donors (Lipinski definition) is 2. The normalized spacial score (nSPS) is 15.3. The van der Waals surface area contributed by atoms with Crippen LogP contribution in [0.2, 0.25) is 0 Å². The molecule has 1 unspecified atom stereocenters. The first-order chi connectivity index (χ1) is 16.0. The third kappa shape index (κ3) is 4.00. The van der Waals surface area contributed by atoms with E-state index < -0.39 is 6.04 Å². The third-order valence-electron chi connectivity index (χ3n) is 5.75. The van der Waals surface area contributed by atoms with Crippen LogP contribution >= 0.6 is 11.8 Å².